The minimum absolute atomic E-state index is 0.283. The molecule has 0 spiro atoms. The van der Waals surface area contributed by atoms with Gasteiger partial charge in [0.1, 0.15) is 0 Å². The molecule has 2 heterocycles. The molecule has 0 saturated carbocycles. The Kier molecular flexibility index (Phi) is 3.77. The molecule has 0 amide bonds. The second kappa shape index (κ2) is 5.38. The van der Waals surface area contributed by atoms with Crippen LogP contribution in [0.4, 0.5) is 5.13 Å². The van der Waals surface area contributed by atoms with E-state index in [0.717, 1.165) is 38.0 Å². The molecule has 1 aromatic heterocycles. The van der Waals surface area contributed by atoms with E-state index in [1.54, 1.807) is 0 Å². The van der Waals surface area contributed by atoms with Gasteiger partial charge >= 0.3 is 0 Å². The summed E-state index contributed by atoms with van der Waals surface area (Å²) in [5, 5.41) is 3.46. The molecule has 2 aliphatic rings. The monoisotopic (exact) mass is 301 g/mol. The quantitative estimate of drug-likeness (QED) is 0.888. The zero-order valence-electron chi connectivity index (χ0n) is 10.8. The average Bonchev–Trinajstić information content (AvgIpc) is 2.81. The van der Waals surface area contributed by atoms with Crippen LogP contribution in [0.1, 0.15) is 36.3 Å². The molecular weight excluding hydrogens is 282 g/mol. The molecule has 3 rings (SSSR count). The van der Waals surface area contributed by atoms with Crippen LogP contribution in [-0.4, -0.2) is 31.7 Å². The van der Waals surface area contributed by atoms with Crippen LogP contribution in [0.2, 0.25) is 0 Å². The van der Waals surface area contributed by atoms with E-state index in [0.29, 0.717) is 18.0 Å². The molecule has 1 saturated heterocycles. The minimum Gasteiger partial charge on any atom is -0.317 e. The Labute approximate surface area is 117 Å². The van der Waals surface area contributed by atoms with Gasteiger partial charge in [0.25, 0.3) is 0 Å². The van der Waals surface area contributed by atoms with Gasteiger partial charge in [0.2, 0.25) is 10.0 Å². The Balaban J connectivity index is 1.74. The van der Waals surface area contributed by atoms with Crippen LogP contribution in [0, 0.1) is 0 Å². The van der Waals surface area contributed by atoms with E-state index in [1.807, 2.05) is 0 Å². The van der Waals surface area contributed by atoms with Gasteiger partial charge in [-0.05, 0) is 51.6 Å². The highest BCUT2D eigenvalue weighted by Crippen LogP contribution is 2.30. The SMILES string of the molecule is O=S(=O)(Nc1nc2c(s1)CCCC2)C1CCNCC1. The van der Waals surface area contributed by atoms with Crippen molar-refractivity contribution in [1.82, 2.24) is 10.3 Å². The smallest absolute Gasteiger partial charge is 0.237 e. The molecule has 0 radical (unpaired) electrons. The van der Waals surface area contributed by atoms with Crippen molar-refractivity contribution in [3.05, 3.63) is 10.6 Å². The fourth-order valence-corrected chi connectivity index (χ4v) is 5.43. The highest BCUT2D eigenvalue weighted by molar-refractivity contribution is 7.93. The summed E-state index contributed by atoms with van der Waals surface area (Å²) in [5.41, 5.74) is 1.10. The predicted octanol–water partition coefficient (Wildman–Crippen LogP) is 1.52. The van der Waals surface area contributed by atoms with Gasteiger partial charge in [0.05, 0.1) is 10.9 Å². The summed E-state index contributed by atoms with van der Waals surface area (Å²) >= 11 is 1.51. The maximum absolute atomic E-state index is 12.3. The van der Waals surface area contributed by atoms with Crippen LogP contribution in [0.5, 0.6) is 0 Å². The van der Waals surface area contributed by atoms with Crippen molar-refractivity contribution in [1.29, 1.82) is 0 Å². The first-order valence-electron chi connectivity index (χ1n) is 6.86. The lowest BCUT2D eigenvalue weighted by Crippen LogP contribution is -2.38. The van der Waals surface area contributed by atoms with E-state index >= 15 is 0 Å². The molecule has 0 bridgehead atoms. The van der Waals surface area contributed by atoms with Crippen molar-refractivity contribution in [3.63, 3.8) is 0 Å². The fraction of sp³-hybridized carbons (Fsp3) is 0.750. The van der Waals surface area contributed by atoms with Crippen molar-refractivity contribution in [3.8, 4) is 0 Å². The van der Waals surface area contributed by atoms with Crippen LogP contribution in [0.15, 0.2) is 0 Å². The number of aryl methyl sites for hydroxylation is 2. The standard InChI is InChI=1S/C12H19N3O2S2/c16-19(17,9-5-7-13-8-6-9)15-12-14-10-3-1-2-4-11(10)18-12/h9,13H,1-8H2,(H,14,15). The number of aromatic nitrogens is 1. The molecule has 106 valence electrons. The fourth-order valence-electron chi connectivity index (χ4n) is 2.71. The molecule has 2 N–H and O–H groups in total. The zero-order chi connectivity index (χ0) is 13.3. The van der Waals surface area contributed by atoms with E-state index < -0.39 is 10.0 Å². The van der Waals surface area contributed by atoms with Crippen LogP contribution < -0.4 is 10.0 Å². The molecule has 0 atom stereocenters. The first-order valence-corrected chi connectivity index (χ1v) is 9.22. The summed E-state index contributed by atoms with van der Waals surface area (Å²) in [4.78, 5) is 5.70. The third kappa shape index (κ3) is 2.93. The van der Waals surface area contributed by atoms with E-state index in [1.165, 1.54) is 22.6 Å². The number of nitrogens with one attached hydrogen (secondary N) is 2. The molecule has 1 fully saturated rings. The summed E-state index contributed by atoms with van der Waals surface area (Å²) < 4.78 is 27.3. The number of hydrogen-bond donors (Lipinski definition) is 2. The number of nitrogens with zero attached hydrogens (tertiary/aromatic N) is 1. The van der Waals surface area contributed by atoms with Gasteiger partial charge in [-0.3, -0.25) is 4.72 Å². The summed E-state index contributed by atoms with van der Waals surface area (Å²) in [6, 6.07) is 0. The molecule has 0 unspecified atom stereocenters. The number of sulfonamides is 1. The Morgan fingerprint density at radius 2 is 1.95 bits per heavy atom. The van der Waals surface area contributed by atoms with Gasteiger partial charge in [-0.25, -0.2) is 13.4 Å². The molecule has 19 heavy (non-hydrogen) atoms. The zero-order valence-corrected chi connectivity index (χ0v) is 12.4. The van der Waals surface area contributed by atoms with Crippen LogP contribution in [0.3, 0.4) is 0 Å². The van der Waals surface area contributed by atoms with Crippen molar-refractivity contribution >= 4 is 26.5 Å². The highest BCUT2D eigenvalue weighted by Gasteiger charge is 2.28. The summed E-state index contributed by atoms with van der Waals surface area (Å²) in [6.07, 6.45) is 5.75. The molecule has 0 aromatic carbocycles. The van der Waals surface area contributed by atoms with Crippen molar-refractivity contribution in [2.75, 3.05) is 17.8 Å². The third-order valence-electron chi connectivity index (χ3n) is 3.80. The van der Waals surface area contributed by atoms with Crippen molar-refractivity contribution in [2.24, 2.45) is 0 Å². The predicted molar refractivity (Wildman–Crippen MR) is 77.2 cm³/mol. The van der Waals surface area contributed by atoms with E-state index in [4.69, 9.17) is 0 Å². The van der Waals surface area contributed by atoms with Crippen LogP contribution in [-0.2, 0) is 22.9 Å². The number of piperidine rings is 1. The summed E-state index contributed by atoms with van der Waals surface area (Å²) in [6.45, 7) is 1.56. The summed E-state index contributed by atoms with van der Waals surface area (Å²) in [7, 11) is -3.28. The topological polar surface area (TPSA) is 71.1 Å². The number of anilines is 1. The normalized spacial score (nSPS) is 21.1. The van der Waals surface area contributed by atoms with E-state index in [2.05, 4.69) is 15.0 Å². The Morgan fingerprint density at radius 3 is 2.68 bits per heavy atom. The second-order valence-corrected chi connectivity index (χ2v) is 8.24. The number of fused-ring (bicyclic) bond motifs is 1. The van der Waals surface area contributed by atoms with Crippen molar-refractivity contribution < 1.29 is 8.42 Å². The molecule has 1 aliphatic heterocycles. The molecule has 7 heteroatoms. The average molecular weight is 301 g/mol. The summed E-state index contributed by atoms with van der Waals surface area (Å²) in [5.74, 6) is 0. The minimum atomic E-state index is -3.28. The Hall–Kier alpha value is -0.660. The van der Waals surface area contributed by atoms with Gasteiger partial charge in [-0.2, -0.15) is 0 Å². The third-order valence-corrected chi connectivity index (χ3v) is 6.83. The van der Waals surface area contributed by atoms with Gasteiger partial charge in [0, 0.05) is 4.88 Å². The van der Waals surface area contributed by atoms with E-state index in [-0.39, 0.29) is 5.25 Å². The lowest BCUT2D eigenvalue weighted by atomic mass is 10.0. The van der Waals surface area contributed by atoms with Gasteiger partial charge in [0.15, 0.2) is 5.13 Å². The van der Waals surface area contributed by atoms with E-state index in [9.17, 15) is 8.42 Å². The number of hydrogen-bond acceptors (Lipinski definition) is 5. The van der Waals surface area contributed by atoms with Crippen molar-refractivity contribution in [2.45, 2.75) is 43.8 Å². The Bertz CT molecular complexity index is 524. The van der Waals surface area contributed by atoms with Crippen LogP contribution >= 0.6 is 11.3 Å². The first kappa shape index (κ1) is 13.3. The van der Waals surface area contributed by atoms with Gasteiger partial charge in [-0.15, -0.1) is 11.3 Å². The second-order valence-electron chi connectivity index (χ2n) is 5.19. The molecular formula is C12H19N3O2S2. The van der Waals surface area contributed by atoms with Crippen LogP contribution in [0.25, 0.3) is 0 Å². The lowest BCUT2D eigenvalue weighted by molar-refractivity contribution is 0.499. The maximum Gasteiger partial charge on any atom is 0.237 e. The molecule has 5 nitrogen and oxygen atoms in total. The first-order chi connectivity index (χ1) is 9.15. The maximum atomic E-state index is 12.3. The van der Waals surface area contributed by atoms with Gasteiger partial charge in [-0.1, -0.05) is 0 Å². The largest absolute Gasteiger partial charge is 0.317 e. The van der Waals surface area contributed by atoms with Gasteiger partial charge < -0.3 is 5.32 Å². The molecule has 1 aliphatic carbocycles. The highest BCUT2D eigenvalue weighted by atomic mass is 32.2. The molecule has 1 aromatic rings. The number of rotatable bonds is 3. The lowest BCUT2D eigenvalue weighted by Gasteiger charge is -2.22. The Morgan fingerprint density at radius 1 is 1.21 bits per heavy atom. The number of thiazole rings is 1.